The third-order valence-electron chi connectivity index (χ3n) is 6.42. The molecular weight excluding hydrogens is 366 g/mol. The monoisotopic (exact) mass is 399 g/mol. The highest BCUT2D eigenvalue weighted by molar-refractivity contribution is 6.05. The molecule has 6 nitrogen and oxygen atoms in total. The second kappa shape index (κ2) is 10.0. The van der Waals surface area contributed by atoms with Gasteiger partial charge in [-0.1, -0.05) is 57.0 Å². The summed E-state index contributed by atoms with van der Waals surface area (Å²) in [5, 5.41) is 3.02. The van der Waals surface area contributed by atoms with E-state index in [-0.39, 0.29) is 48.6 Å². The average molecular weight is 400 g/mol. The minimum Gasteiger partial charge on any atom is -0.354 e. The molecular formula is C23H33N3O3. The van der Waals surface area contributed by atoms with E-state index in [2.05, 4.69) is 36.2 Å². The van der Waals surface area contributed by atoms with E-state index in [1.165, 1.54) is 10.5 Å². The van der Waals surface area contributed by atoms with Crippen LogP contribution >= 0.6 is 0 Å². The van der Waals surface area contributed by atoms with E-state index < -0.39 is 0 Å². The van der Waals surface area contributed by atoms with Crippen molar-refractivity contribution < 1.29 is 14.4 Å². The number of rotatable bonds is 9. The Labute approximate surface area is 173 Å². The maximum atomic E-state index is 12.5. The number of nitrogens with one attached hydrogen (secondary N) is 1. The van der Waals surface area contributed by atoms with Crippen molar-refractivity contribution in [1.29, 1.82) is 0 Å². The Balaban J connectivity index is 1.54. The fourth-order valence-corrected chi connectivity index (χ4v) is 4.76. The third-order valence-corrected chi connectivity index (χ3v) is 6.42. The first-order chi connectivity index (χ1) is 14.1. The molecule has 1 aliphatic carbocycles. The first-order valence-corrected chi connectivity index (χ1v) is 11.0. The number of nitrogens with zero attached hydrogens (tertiary/aromatic N) is 2. The second-order valence-corrected chi connectivity index (χ2v) is 8.03. The fraction of sp³-hybridized carbons (Fsp3) is 0.609. The Bertz CT molecular complexity index is 693. The third kappa shape index (κ3) is 4.86. The number of fused-ring (bicyclic) bond motifs is 1. The van der Waals surface area contributed by atoms with Gasteiger partial charge in [-0.15, -0.1) is 0 Å². The van der Waals surface area contributed by atoms with E-state index in [1.54, 1.807) is 0 Å². The summed E-state index contributed by atoms with van der Waals surface area (Å²) in [5.41, 5.74) is 1.17. The first-order valence-electron chi connectivity index (χ1n) is 11.0. The number of likely N-dealkylation sites (N-methyl/N-ethyl adjacent to an activating group) is 1. The minimum atomic E-state index is -0.149. The summed E-state index contributed by atoms with van der Waals surface area (Å²) in [6, 6.07) is 10.3. The van der Waals surface area contributed by atoms with Crippen LogP contribution in [0.4, 0.5) is 0 Å². The Morgan fingerprint density at radius 2 is 1.66 bits per heavy atom. The lowest BCUT2D eigenvalue weighted by Crippen LogP contribution is -2.40. The van der Waals surface area contributed by atoms with E-state index in [4.69, 9.17) is 0 Å². The van der Waals surface area contributed by atoms with Gasteiger partial charge in [0.15, 0.2) is 0 Å². The van der Waals surface area contributed by atoms with Crippen LogP contribution in [-0.2, 0) is 14.4 Å². The van der Waals surface area contributed by atoms with Crippen molar-refractivity contribution in [2.75, 3.05) is 26.2 Å². The molecule has 1 saturated carbocycles. The van der Waals surface area contributed by atoms with Gasteiger partial charge in [0.1, 0.15) is 0 Å². The van der Waals surface area contributed by atoms with Crippen LogP contribution in [0.5, 0.6) is 0 Å². The molecule has 6 heteroatoms. The molecule has 3 amide bonds. The zero-order chi connectivity index (χ0) is 20.8. The molecule has 1 aromatic rings. The number of carbonyl (C=O) groups excluding carboxylic acids is 3. The molecule has 3 atom stereocenters. The maximum absolute atomic E-state index is 12.5. The number of hydrogen-bond donors (Lipinski definition) is 1. The lowest BCUT2D eigenvalue weighted by molar-refractivity contribution is -0.140. The van der Waals surface area contributed by atoms with Crippen molar-refractivity contribution in [1.82, 2.24) is 15.1 Å². The second-order valence-electron chi connectivity index (χ2n) is 8.03. The van der Waals surface area contributed by atoms with E-state index >= 15 is 0 Å². The summed E-state index contributed by atoms with van der Waals surface area (Å²) in [4.78, 5) is 41.2. The van der Waals surface area contributed by atoms with Crippen LogP contribution < -0.4 is 5.32 Å². The number of likely N-dealkylation sites (tertiary alicyclic amines) is 1. The Hall–Kier alpha value is -2.21. The van der Waals surface area contributed by atoms with Crippen molar-refractivity contribution >= 4 is 17.7 Å². The molecule has 2 aliphatic rings. The smallest absolute Gasteiger partial charge is 0.233 e. The molecule has 1 saturated heterocycles. The molecule has 0 aromatic heterocycles. The summed E-state index contributed by atoms with van der Waals surface area (Å²) in [5.74, 6) is -0.557. The Morgan fingerprint density at radius 3 is 2.21 bits per heavy atom. The van der Waals surface area contributed by atoms with E-state index in [9.17, 15) is 14.4 Å². The highest BCUT2D eigenvalue weighted by atomic mass is 16.2. The van der Waals surface area contributed by atoms with Crippen LogP contribution in [0.15, 0.2) is 30.3 Å². The van der Waals surface area contributed by atoms with Gasteiger partial charge in [-0.25, -0.2) is 0 Å². The number of carbonyl (C=O) groups is 3. The van der Waals surface area contributed by atoms with Crippen LogP contribution in [-0.4, -0.2) is 53.7 Å². The van der Waals surface area contributed by atoms with Crippen LogP contribution in [0, 0.1) is 11.8 Å². The van der Waals surface area contributed by atoms with E-state index in [0.29, 0.717) is 6.54 Å². The molecule has 1 aromatic carbocycles. The molecule has 1 aliphatic heterocycles. The van der Waals surface area contributed by atoms with Gasteiger partial charge in [0, 0.05) is 19.5 Å². The van der Waals surface area contributed by atoms with Gasteiger partial charge in [0.2, 0.25) is 17.7 Å². The van der Waals surface area contributed by atoms with Gasteiger partial charge in [-0.05, 0) is 31.5 Å². The number of hydrogen-bond acceptors (Lipinski definition) is 4. The molecule has 1 heterocycles. The normalized spacial score (nSPS) is 22.7. The van der Waals surface area contributed by atoms with Crippen LogP contribution in [0.25, 0.3) is 0 Å². The summed E-state index contributed by atoms with van der Waals surface area (Å²) in [6.45, 7) is 6.73. The molecule has 2 fully saturated rings. The maximum Gasteiger partial charge on any atom is 0.233 e. The topological polar surface area (TPSA) is 69.7 Å². The van der Waals surface area contributed by atoms with Crippen molar-refractivity contribution in [3.05, 3.63) is 35.9 Å². The SMILES string of the molecule is CCN(CC)[C@H](CNC(=O)CCN1C(=O)[C@H]2CCCC[C@@H]2C1=O)c1ccccc1. The van der Waals surface area contributed by atoms with E-state index in [0.717, 1.165) is 38.8 Å². The highest BCUT2D eigenvalue weighted by Crippen LogP contribution is 2.37. The number of amides is 3. The number of benzene rings is 1. The predicted molar refractivity (Wildman–Crippen MR) is 112 cm³/mol. The molecule has 0 bridgehead atoms. The largest absolute Gasteiger partial charge is 0.354 e. The summed E-state index contributed by atoms with van der Waals surface area (Å²) < 4.78 is 0. The first kappa shape index (κ1) is 21.5. The molecule has 1 N–H and O–H groups in total. The quantitative estimate of drug-likeness (QED) is 0.648. The number of imide groups is 1. The molecule has 0 radical (unpaired) electrons. The summed E-state index contributed by atoms with van der Waals surface area (Å²) >= 11 is 0. The van der Waals surface area contributed by atoms with Gasteiger partial charge in [-0.2, -0.15) is 0 Å². The molecule has 0 spiro atoms. The van der Waals surface area contributed by atoms with Gasteiger partial charge in [0.05, 0.1) is 17.9 Å². The molecule has 3 rings (SSSR count). The Morgan fingerprint density at radius 1 is 1.07 bits per heavy atom. The van der Waals surface area contributed by atoms with Crippen molar-refractivity contribution in [2.24, 2.45) is 11.8 Å². The minimum absolute atomic E-state index is 0.0715. The molecule has 158 valence electrons. The summed E-state index contributed by atoms with van der Waals surface area (Å²) in [6.07, 6.45) is 3.80. The zero-order valence-corrected chi connectivity index (χ0v) is 17.6. The van der Waals surface area contributed by atoms with Crippen LogP contribution in [0.1, 0.15) is 57.6 Å². The lowest BCUT2D eigenvalue weighted by atomic mass is 9.81. The molecule has 29 heavy (non-hydrogen) atoms. The Kier molecular flexibility index (Phi) is 7.42. The predicted octanol–water partition coefficient (Wildman–Crippen LogP) is 2.75. The van der Waals surface area contributed by atoms with Gasteiger partial charge < -0.3 is 5.32 Å². The zero-order valence-electron chi connectivity index (χ0n) is 17.6. The summed E-state index contributed by atoms with van der Waals surface area (Å²) in [7, 11) is 0. The fourth-order valence-electron chi connectivity index (χ4n) is 4.76. The van der Waals surface area contributed by atoms with Crippen LogP contribution in [0.2, 0.25) is 0 Å². The highest BCUT2D eigenvalue weighted by Gasteiger charge is 2.47. The van der Waals surface area contributed by atoms with Gasteiger partial charge >= 0.3 is 0 Å². The average Bonchev–Trinajstić information content (AvgIpc) is 3.00. The van der Waals surface area contributed by atoms with Crippen molar-refractivity contribution in [3.8, 4) is 0 Å². The molecule has 0 unspecified atom stereocenters. The lowest BCUT2D eigenvalue weighted by Gasteiger charge is -2.30. The van der Waals surface area contributed by atoms with Gasteiger partial charge in [0.25, 0.3) is 0 Å². The van der Waals surface area contributed by atoms with E-state index in [1.807, 2.05) is 18.2 Å². The van der Waals surface area contributed by atoms with Gasteiger partial charge in [-0.3, -0.25) is 24.2 Å². The van der Waals surface area contributed by atoms with Crippen LogP contribution in [0.3, 0.4) is 0 Å². The van der Waals surface area contributed by atoms with Crippen molar-refractivity contribution in [3.63, 3.8) is 0 Å². The van der Waals surface area contributed by atoms with Crippen molar-refractivity contribution in [2.45, 2.75) is 52.0 Å². The standard InChI is InChI=1S/C23H33N3O3/c1-3-25(4-2)20(17-10-6-5-7-11-17)16-24-21(27)14-15-26-22(28)18-12-8-9-13-19(18)23(26)29/h5-7,10-11,18-20H,3-4,8-9,12-16H2,1-2H3,(H,24,27)/t18-,19-,20+/m0/s1.